The van der Waals surface area contributed by atoms with E-state index in [2.05, 4.69) is 35.8 Å². The van der Waals surface area contributed by atoms with Gasteiger partial charge in [0, 0.05) is 10.2 Å². The van der Waals surface area contributed by atoms with Gasteiger partial charge in [-0.2, -0.15) is 5.26 Å². The van der Waals surface area contributed by atoms with Crippen molar-refractivity contribution in [2.75, 3.05) is 5.33 Å². The second-order valence-electron chi connectivity index (χ2n) is 3.85. The Labute approximate surface area is 91.5 Å². The standard InChI is InChI=1S/C10H12BrNS/c1-10(2,7-11)5-8-3-4-9(6-12)13-8/h3-4H,5,7H2,1-2H3. The van der Waals surface area contributed by atoms with Crippen molar-refractivity contribution >= 4 is 27.3 Å². The molecule has 13 heavy (non-hydrogen) atoms. The second kappa shape index (κ2) is 4.26. The Morgan fingerprint density at radius 3 is 2.69 bits per heavy atom. The van der Waals surface area contributed by atoms with Crippen LogP contribution >= 0.6 is 27.3 Å². The number of halogens is 1. The monoisotopic (exact) mass is 257 g/mol. The molecular weight excluding hydrogens is 246 g/mol. The average Bonchev–Trinajstić information content (AvgIpc) is 2.52. The highest BCUT2D eigenvalue weighted by Crippen LogP contribution is 2.27. The summed E-state index contributed by atoms with van der Waals surface area (Å²) in [6.07, 6.45) is 1.03. The van der Waals surface area contributed by atoms with E-state index in [1.807, 2.05) is 12.1 Å². The van der Waals surface area contributed by atoms with Gasteiger partial charge in [-0.25, -0.2) is 0 Å². The third-order valence-corrected chi connectivity index (χ3v) is 4.29. The SMILES string of the molecule is CC(C)(CBr)Cc1ccc(C#N)s1. The molecule has 0 saturated heterocycles. The smallest absolute Gasteiger partial charge is 0.110 e. The number of hydrogen-bond donors (Lipinski definition) is 0. The maximum absolute atomic E-state index is 8.66. The van der Waals surface area contributed by atoms with Crippen LogP contribution < -0.4 is 0 Å². The molecule has 1 nitrogen and oxygen atoms in total. The molecule has 1 rings (SSSR count). The molecule has 1 aromatic heterocycles. The van der Waals surface area contributed by atoms with E-state index < -0.39 is 0 Å². The van der Waals surface area contributed by atoms with Crippen LogP contribution in [0.4, 0.5) is 0 Å². The molecule has 0 aliphatic carbocycles. The first-order valence-corrected chi connectivity index (χ1v) is 6.06. The largest absolute Gasteiger partial charge is 0.192 e. The zero-order chi connectivity index (χ0) is 9.90. The first-order valence-electron chi connectivity index (χ1n) is 4.12. The number of thiophene rings is 1. The van der Waals surface area contributed by atoms with Crippen LogP contribution in [0.25, 0.3) is 0 Å². The summed E-state index contributed by atoms with van der Waals surface area (Å²) in [5.41, 5.74) is 0.275. The molecule has 0 amide bonds. The third-order valence-electron chi connectivity index (χ3n) is 1.79. The summed E-state index contributed by atoms with van der Waals surface area (Å²) in [4.78, 5) is 2.10. The molecule has 3 heteroatoms. The minimum absolute atomic E-state index is 0.275. The molecule has 0 aliphatic rings. The molecule has 0 radical (unpaired) electrons. The number of nitriles is 1. The van der Waals surface area contributed by atoms with Crippen molar-refractivity contribution in [3.63, 3.8) is 0 Å². The molecule has 0 saturated carbocycles. The Morgan fingerprint density at radius 2 is 2.23 bits per heavy atom. The van der Waals surface area contributed by atoms with Crippen molar-refractivity contribution in [2.45, 2.75) is 20.3 Å². The number of rotatable bonds is 3. The Kier molecular flexibility index (Phi) is 3.52. The van der Waals surface area contributed by atoms with Crippen molar-refractivity contribution in [3.8, 4) is 6.07 Å². The fourth-order valence-electron chi connectivity index (χ4n) is 1.05. The van der Waals surface area contributed by atoms with Gasteiger partial charge in [0.2, 0.25) is 0 Å². The molecule has 0 fully saturated rings. The maximum Gasteiger partial charge on any atom is 0.110 e. The van der Waals surface area contributed by atoms with Gasteiger partial charge in [0.15, 0.2) is 0 Å². The molecule has 1 heterocycles. The lowest BCUT2D eigenvalue weighted by molar-refractivity contribution is 0.428. The summed E-state index contributed by atoms with van der Waals surface area (Å²) in [6.45, 7) is 4.43. The second-order valence-corrected chi connectivity index (χ2v) is 5.58. The first kappa shape index (κ1) is 10.7. The summed E-state index contributed by atoms with van der Waals surface area (Å²) in [7, 11) is 0. The summed E-state index contributed by atoms with van der Waals surface area (Å²) in [6, 6.07) is 6.10. The number of alkyl halides is 1. The van der Waals surface area contributed by atoms with Crippen molar-refractivity contribution in [3.05, 3.63) is 21.9 Å². The highest BCUT2D eigenvalue weighted by Gasteiger charge is 2.17. The maximum atomic E-state index is 8.66. The Morgan fingerprint density at radius 1 is 1.54 bits per heavy atom. The molecule has 1 aromatic rings. The van der Waals surface area contributed by atoms with Gasteiger partial charge in [-0.15, -0.1) is 11.3 Å². The zero-order valence-corrected chi connectivity index (χ0v) is 10.2. The van der Waals surface area contributed by atoms with Crippen LogP contribution in [0.3, 0.4) is 0 Å². The third kappa shape index (κ3) is 3.13. The summed E-state index contributed by atoms with van der Waals surface area (Å²) in [5.74, 6) is 0. The quantitative estimate of drug-likeness (QED) is 0.760. The number of nitrogens with zero attached hydrogens (tertiary/aromatic N) is 1. The minimum atomic E-state index is 0.275. The van der Waals surface area contributed by atoms with E-state index in [1.165, 1.54) is 4.88 Å². The van der Waals surface area contributed by atoms with Crippen LogP contribution in [0.1, 0.15) is 23.6 Å². The Balaban J connectivity index is 2.70. The summed E-state index contributed by atoms with van der Waals surface area (Å²) in [5, 5.41) is 9.64. The molecular formula is C10H12BrNS. The molecule has 0 aliphatic heterocycles. The van der Waals surface area contributed by atoms with Crippen LogP contribution in [0.5, 0.6) is 0 Å². The van der Waals surface area contributed by atoms with E-state index in [-0.39, 0.29) is 5.41 Å². The van der Waals surface area contributed by atoms with Crippen molar-refractivity contribution in [1.29, 1.82) is 5.26 Å². The van der Waals surface area contributed by atoms with Crippen molar-refractivity contribution < 1.29 is 0 Å². The van der Waals surface area contributed by atoms with Gasteiger partial charge in [0.25, 0.3) is 0 Å². The summed E-state index contributed by atoms with van der Waals surface area (Å²) >= 11 is 5.09. The van der Waals surface area contributed by atoms with Gasteiger partial charge in [-0.3, -0.25) is 0 Å². The molecule has 0 bridgehead atoms. The zero-order valence-electron chi connectivity index (χ0n) is 7.80. The molecule has 0 aromatic carbocycles. The van der Waals surface area contributed by atoms with E-state index in [1.54, 1.807) is 11.3 Å². The number of hydrogen-bond acceptors (Lipinski definition) is 2. The minimum Gasteiger partial charge on any atom is -0.192 e. The Hall–Kier alpha value is -0.330. The van der Waals surface area contributed by atoms with Crippen LogP contribution in [-0.4, -0.2) is 5.33 Å². The van der Waals surface area contributed by atoms with Gasteiger partial charge in [0.1, 0.15) is 10.9 Å². The van der Waals surface area contributed by atoms with Gasteiger partial charge in [0.05, 0.1) is 0 Å². The fraction of sp³-hybridized carbons (Fsp3) is 0.500. The lowest BCUT2D eigenvalue weighted by Crippen LogP contribution is -2.15. The lowest BCUT2D eigenvalue weighted by atomic mass is 9.91. The summed E-state index contributed by atoms with van der Waals surface area (Å²) < 4.78 is 0. The Bertz CT molecular complexity index is 322. The molecule has 0 spiro atoms. The average molecular weight is 258 g/mol. The molecule has 70 valence electrons. The first-order chi connectivity index (χ1) is 6.07. The highest BCUT2D eigenvalue weighted by molar-refractivity contribution is 9.09. The van der Waals surface area contributed by atoms with E-state index in [4.69, 9.17) is 5.26 Å². The van der Waals surface area contributed by atoms with Crippen molar-refractivity contribution in [1.82, 2.24) is 0 Å². The van der Waals surface area contributed by atoms with Gasteiger partial charge in [-0.05, 0) is 24.0 Å². The predicted octanol–water partition coefficient (Wildman–Crippen LogP) is 3.58. The van der Waals surface area contributed by atoms with Crippen LogP contribution in [0.2, 0.25) is 0 Å². The van der Waals surface area contributed by atoms with Crippen LogP contribution in [-0.2, 0) is 6.42 Å². The van der Waals surface area contributed by atoms with Crippen LogP contribution in [0, 0.1) is 16.7 Å². The van der Waals surface area contributed by atoms with E-state index >= 15 is 0 Å². The molecule has 0 unspecified atom stereocenters. The van der Waals surface area contributed by atoms with Gasteiger partial charge < -0.3 is 0 Å². The van der Waals surface area contributed by atoms with E-state index in [0.717, 1.165) is 16.6 Å². The van der Waals surface area contributed by atoms with Gasteiger partial charge in [-0.1, -0.05) is 29.8 Å². The fourth-order valence-corrected chi connectivity index (χ4v) is 2.31. The normalized spacial score (nSPS) is 11.2. The predicted molar refractivity (Wildman–Crippen MR) is 60.3 cm³/mol. The highest BCUT2D eigenvalue weighted by atomic mass is 79.9. The van der Waals surface area contributed by atoms with E-state index in [9.17, 15) is 0 Å². The molecule has 0 N–H and O–H groups in total. The van der Waals surface area contributed by atoms with Crippen LogP contribution in [0.15, 0.2) is 12.1 Å². The van der Waals surface area contributed by atoms with Gasteiger partial charge >= 0.3 is 0 Å². The van der Waals surface area contributed by atoms with E-state index in [0.29, 0.717) is 0 Å². The molecule has 0 atom stereocenters. The van der Waals surface area contributed by atoms with Crippen molar-refractivity contribution in [2.24, 2.45) is 5.41 Å². The topological polar surface area (TPSA) is 23.8 Å². The lowest BCUT2D eigenvalue weighted by Gasteiger charge is -2.19.